The van der Waals surface area contributed by atoms with Gasteiger partial charge >= 0.3 is 6.18 Å². The van der Waals surface area contributed by atoms with Crippen molar-refractivity contribution in [2.24, 2.45) is 5.73 Å². The summed E-state index contributed by atoms with van der Waals surface area (Å²) in [5.41, 5.74) is 4.39. The van der Waals surface area contributed by atoms with Gasteiger partial charge in [-0.15, -0.1) is 0 Å². The van der Waals surface area contributed by atoms with Crippen LogP contribution in [-0.4, -0.2) is 19.5 Å². The van der Waals surface area contributed by atoms with E-state index in [0.717, 1.165) is 12.3 Å². The Hall–Kier alpha value is -1.96. The summed E-state index contributed by atoms with van der Waals surface area (Å²) >= 11 is 0. The lowest BCUT2D eigenvalue weighted by Crippen LogP contribution is -2.13. The second-order valence-corrected chi connectivity index (χ2v) is 3.16. The Balaban J connectivity index is 2.47. The molecule has 0 spiro atoms. The highest BCUT2D eigenvalue weighted by molar-refractivity contribution is 5.18. The molecular formula is C9H8F3N5. The van der Waals surface area contributed by atoms with Gasteiger partial charge in [-0.3, -0.25) is 4.57 Å². The van der Waals surface area contributed by atoms with E-state index in [1.165, 1.54) is 17.0 Å². The van der Waals surface area contributed by atoms with Gasteiger partial charge in [0, 0.05) is 18.6 Å². The molecule has 0 amide bonds. The SMILES string of the molecule is NCc1nccn1-c1nccc(C(F)(F)F)n1. The molecule has 0 atom stereocenters. The molecule has 0 unspecified atom stereocenters. The number of aromatic nitrogens is 4. The molecule has 0 aliphatic heterocycles. The van der Waals surface area contributed by atoms with E-state index in [0.29, 0.717) is 5.82 Å². The highest BCUT2D eigenvalue weighted by atomic mass is 19.4. The van der Waals surface area contributed by atoms with E-state index in [9.17, 15) is 13.2 Å². The fourth-order valence-corrected chi connectivity index (χ4v) is 1.29. The second-order valence-electron chi connectivity index (χ2n) is 3.16. The van der Waals surface area contributed by atoms with Crippen molar-refractivity contribution >= 4 is 0 Å². The van der Waals surface area contributed by atoms with Gasteiger partial charge in [0.05, 0.1) is 6.54 Å². The standard InChI is InChI=1S/C9H8F3N5/c10-9(11,12)6-1-2-15-8(16-6)17-4-3-14-7(17)5-13/h1-4H,5,13H2. The summed E-state index contributed by atoms with van der Waals surface area (Å²) in [6.45, 7) is 0.0899. The molecule has 2 N–H and O–H groups in total. The Kier molecular flexibility index (Phi) is 2.80. The summed E-state index contributed by atoms with van der Waals surface area (Å²) in [7, 11) is 0. The predicted octanol–water partition coefficient (Wildman–Crippen LogP) is 1.14. The fourth-order valence-electron chi connectivity index (χ4n) is 1.29. The molecule has 17 heavy (non-hydrogen) atoms. The van der Waals surface area contributed by atoms with Crippen molar-refractivity contribution in [1.82, 2.24) is 19.5 Å². The number of imidazole rings is 1. The van der Waals surface area contributed by atoms with Crippen molar-refractivity contribution in [3.8, 4) is 5.95 Å². The first-order valence-electron chi connectivity index (χ1n) is 4.65. The Labute approximate surface area is 94.1 Å². The third-order valence-corrected chi connectivity index (χ3v) is 2.05. The zero-order chi connectivity index (χ0) is 12.5. The van der Waals surface area contributed by atoms with Gasteiger partial charge < -0.3 is 5.73 Å². The summed E-state index contributed by atoms with van der Waals surface area (Å²) in [5, 5.41) is 0. The summed E-state index contributed by atoms with van der Waals surface area (Å²) < 4.78 is 38.7. The number of alkyl halides is 3. The smallest absolute Gasteiger partial charge is 0.324 e. The van der Waals surface area contributed by atoms with Crippen molar-refractivity contribution in [1.29, 1.82) is 0 Å². The van der Waals surface area contributed by atoms with Crippen LogP contribution in [0.4, 0.5) is 13.2 Å². The molecule has 2 aromatic rings. The average molecular weight is 243 g/mol. The summed E-state index contributed by atoms with van der Waals surface area (Å²) in [4.78, 5) is 11.1. The molecule has 0 aromatic carbocycles. The highest BCUT2D eigenvalue weighted by Crippen LogP contribution is 2.27. The molecule has 0 radical (unpaired) electrons. The van der Waals surface area contributed by atoms with Crippen LogP contribution in [0.15, 0.2) is 24.7 Å². The van der Waals surface area contributed by atoms with Crippen LogP contribution in [0.25, 0.3) is 5.95 Å². The van der Waals surface area contributed by atoms with Gasteiger partial charge in [-0.1, -0.05) is 0 Å². The zero-order valence-electron chi connectivity index (χ0n) is 8.52. The maximum Gasteiger partial charge on any atom is 0.433 e. The molecule has 5 nitrogen and oxygen atoms in total. The van der Waals surface area contributed by atoms with Crippen LogP contribution < -0.4 is 5.73 Å². The lowest BCUT2D eigenvalue weighted by atomic mass is 10.4. The van der Waals surface area contributed by atoms with Crippen molar-refractivity contribution < 1.29 is 13.2 Å². The first kappa shape index (κ1) is 11.5. The lowest BCUT2D eigenvalue weighted by Gasteiger charge is -2.08. The molecule has 0 aliphatic carbocycles. The van der Waals surface area contributed by atoms with Crippen LogP contribution in [-0.2, 0) is 12.7 Å². The van der Waals surface area contributed by atoms with Gasteiger partial charge in [-0.2, -0.15) is 13.2 Å². The summed E-state index contributed by atoms with van der Waals surface area (Å²) in [5.74, 6) is 0.294. The maximum atomic E-state index is 12.5. The number of nitrogens with zero attached hydrogens (tertiary/aromatic N) is 4. The number of halogens is 3. The maximum absolute atomic E-state index is 12.5. The molecule has 0 fully saturated rings. The number of nitrogens with two attached hydrogens (primary N) is 1. The van der Waals surface area contributed by atoms with E-state index in [1.54, 1.807) is 0 Å². The Morgan fingerprint density at radius 2 is 2.00 bits per heavy atom. The van der Waals surface area contributed by atoms with Gasteiger partial charge in [0.25, 0.3) is 0 Å². The van der Waals surface area contributed by atoms with Crippen molar-refractivity contribution in [2.75, 3.05) is 0 Å². The molecule has 0 bridgehead atoms. The molecule has 0 aliphatic rings. The topological polar surface area (TPSA) is 69.6 Å². The van der Waals surface area contributed by atoms with Crippen LogP contribution in [0.1, 0.15) is 11.5 Å². The molecule has 90 valence electrons. The molecule has 0 saturated heterocycles. The van der Waals surface area contributed by atoms with E-state index in [1.807, 2.05) is 0 Å². The monoisotopic (exact) mass is 243 g/mol. The quantitative estimate of drug-likeness (QED) is 0.858. The minimum absolute atomic E-state index is 0.0899. The Morgan fingerprint density at radius 1 is 1.24 bits per heavy atom. The van der Waals surface area contributed by atoms with Crippen molar-refractivity contribution in [2.45, 2.75) is 12.7 Å². The van der Waals surface area contributed by atoms with Gasteiger partial charge in [0.15, 0.2) is 0 Å². The van der Waals surface area contributed by atoms with E-state index < -0.39 is 11.9 Å². The first-order valence-corrected chi connectivity index (χ1v) is 4.65. The molecule has 0 saturated carbocycles. The number of hydrogen-bond donors (Lipinski definition) is 1. The number of hydrogen-bond acceptors (Lipinski definition) is 4. The normalized spacial score (nSPS) is 11.8. The van der Waals surface area contributed by atoms with Crippen molar-refractivity contribution in [3.63, 3.8) is 0 Å². The third-order valence-electron chi connectivity index (χ3n) is 2.05. The predicted molar refractivity (Wildman–Crippen MR) is 52.0 cm³/mol. The van der Waals surface area contributed by atoms with Gasteiger partial charge in [-0.25, -0.2) is 15.0 Å². The first-order chi connectivity index (χ1) is 8.02. The summed E-state index contributed by atoms with van der Waals surface area (Å²) in [6.07, 6.45) is -0.573. The molecule has 2 rings (SSSR count). The molecule has 8 heteroatoms. The van der Waals surface area contributed by atoms with Crippen molar-refractivity contribution in [3.05, 3.63) is 36.2 Å². The van der Waals surface area contributed by atoms with Gasteiger partial charge in [0.2, 0.25) is 5.95 Å². The van der Waals surface area contributed by atoms with Crippen LogP contribution in [0.2, 0.25) is 0 Å². The van der Waals surface area contributed by atoms with Crippen LogP contribution in [0.5, 0.6) is 0 Å². The average Bonchev–Trinajstić information content (AvgIpc) is 2.76. The molecule has 2 aromatic heterocycles. The number of rotatable bonds is 2. The summed E-state index contributed by atoms with van der Waals surface area (Å²) in [6, 6.07) is 0.808. The highest BCUT2D eigenvalue weighted by Gasteiger charge is 2.33. The van der Waals surface area contributed by atoms with Gasteiger partial charge in [0.1, 0.15) is 11.5 Å². The largest absolute Gasteiger partial charge is 0.433 e. The van der Waals surface area contributed by atoms with Gasteiger partial charge in [-0.05, 0) is 6.07 Å². The lowest BCUT2D eigenvalue weighted by molar-refractivity contribution is -0.141. The van der Waals surface area contributed by atoms with Crippen LogP contribution >= 0.6 is 0 Å². The zero-order valence-corrected chi connectivity index (χ0v) is 8.52. The van der Waals surface area contributed by atoms with E-state index in [4.69, 9.17) is 5.73 Å². The Morgan fingerprint density at radius 3 is 2.65 bits per heavy atom. The minimum atomic E-state index is -4.50. The third kappa shape index (κ3) is 2.26. The molecule has 2 heterocycles. The van der Waals surface area contributed by atoms with Crippen LogP contribution in [0, 0.1) is 0 Å². The minimum Gasteiger partial charge on any atom is -0.324 e. The fraction of sp³-hybridized carbons (Fsp3) is 0.222. The Bertz CT molecular complexity index is 519. The van der Waals surface area contributed by atoms with Crippen LogP contribution in [0.3, 0.4) is 0 Å². The van der Waals surface area contributed by atoms with E-state index >= 15 is 0 Å². The second kappa shape index (κ2) is 4.13. The van der Waals surface area contributed by atoms with E-state index in [-0.39, 0.29) is 12.5 Å². The molecular weight excluding hydrogens is 235 g/mol. The van der Waals surface area contributed by atoms with E-state index in [2.05, 4.69) is 15.0 Å².